The summed E-state index contributed by atoms with van der Waals surface area (Å²) in [7, 11) is 0. The van der Waals surface area contributed by atoms with Crippen molar-refractivity contribution < 1.29 is 9.53 Å². The van der Waals surface area contributed by atoms with Crippen LogP contribution in [0.4, 0.5) is 5.69 Å². The van der Waals surface area contributed by atoms with Crippen molar-refractivity contribution in [3.8, 4) is 11.3 Å². The van der Waals surface area contributed by atoms with E-state index in [1.165, 1.54) is 0 Å². The normalized spacial score (nSPS) is 20.4. The van der Waals surface area contributed by atoms with Gasteiger partial charge in [-0.2, -0.15) is 5.10 Å². The van der Waals surface area contributed by atoms with Gasteiger partial charge in [-0.05, 0) is 36.6 Å². The molecule has 22 heavy (non-hydrogen) atoms. The number of aromatic nitrogens is 2. The molecule has 6 nitrogen and oxygen atoms in total. The smallest absolute Gasteiger partial charge is 0.253 e. The number of hydrogen-bond donors (Lipinski definition) is 3. The number of amides is 1. The average molecular weight is 323 g/mol. The molecule has 4 N–H and O–H groups in total. The van der Waals surface area contributed by atoms with Gasteiger partial charge in [0.25, 0.3) is 5.91 Å². The number of benzene rings is 1. The minimum Gasteiger partial charge on any atom is -0.364 e. The van der Waals surface area contributed by atoms with Crippen molar-refractivity contribution in [3.63, 3.8) is 0 Å². The van der Waals surface area contributed by atoms with Crippen molar-refractivity contribution in [2.24, 2.45) is 5.73 Å². The molecule has 1 saturated heterocycles. The highest BCUT2D eigenvalue weighted by atomic mass is 35.5. The summed E-state index contributed by atoms with van der Waals surface area (Å²) in [6.45, 7) is 0.461. The molecule has 0 spiro atoms. The van der Waals surface area contributed by atoms with E-state index in [4.69, 9.17) is 10.5 Å². The van der Waals surface area contributed by atoms with Crippen LogP contribution < -0.4 is 11.1 Å². The Morgan fingerprint density at radius 2 is 2.09 bits per heavy atom. The fourth-order valence-electron chi connectivity index (χ4n) is 2.44. The highest BCUT2D eigenvalue weighted by molar-refractivity contribution is 5.94. The molecular weight excluding hydrogens is 304 g/mol. The lowest BCUT2D eigenvalue weighted by Gasteiger charge is -2.12. The predicted octanol–water partition coefficient (Wildman–Crippen LogP) is 1.94. The zero-order valence-corrected chi connectivity index (χ0v) is 12.8. The standard InChI is InChI=1S/C15H18N4O2.ClH/c16-9-12-5-6-14(21-12)15(20)18-11-3-1-10(2-4-11)13-7-8-17-19-13;/h1-4,7-8,12,14H,5-6,9,16H2,(H,17,19)(H,18,20);1H/t12-,14+;/m1./s1. The van der Waals surface area contributed by atoms with Crippen LogP contribution in [-0.2, 0) is 9.53 Å². The Labute approximate surface area is 134 Å². The zero-order chi connectivity index (χ0) is 14.7. The number of aromatic amines is 1. The van der Waals surface area contributed by atoms with Crippen LogP contribution in [-0.4, -0.2) is 34.9 Å². The van der Waals surface area contributed by atoms with Gasteiger partial charge in [0, 0.05) is 18.4 Å². The number of hydrogen-bond acceptors (Lipinski definition) is 4. The van der Waals surface area contributed by atoms with Gasteiger partial charge >= 0.3 is 0 Å². The molecule has 0 aliphatic carbocycles. The molecule has 2 atom stereocenters. The maximum Gasteiger partial charge on any atom is 0.253 e. The second-order valence-electron chi connectivity index (χ2n) is 5.10. The molecule has 0 radical (unpaired) electrons. The van der Waals surface area contributed by atoms with Gasteiger partial charge in [-0.15, -0.1) is 12.4 Å². The van der Waals surface area contributed by atoms with Crippen LogP contribution in [0, 0.1) is 0 Å². The Morgan fingerprint density at radius 3 is 2.68 bits per heavy atom. The van der Waals surface area contributed by atoms with Crippen LogP contribution in [0.25, 0.3) is 11.3 Å². The van der Waals surface area contributed by atoms with Gasteiger partial charge in [-0.1, -0.05) is 12.1 Å². The molecule has 1 aromatic heterocycles. The number of rotatable bonds is 4. The largest absolute Gasteiger partial charge is 0.364 e. The summed E-state index contributed by atoms with van der Waals surface area (Å²) in [4.78, 5) is 12.1. The van der Waals surface area contributed by atoms with Gasteiger partial charge in [0.15, 0.2) is 0 Å². The van der Waals surface area contributed by atoms with E-state index in [0.717, 1.165) is 29.8 Å². The summed E-state index contributed by atoms with van der Waals surface area (Å²) in [5.74, 6) is -0.111. The van der Waals surface area contributed by atoms with Crippen molar-refractivity contribution in [1.29, 1.82) is 0 Å². The second kappa shape index (κ2) is 7.40. The highest BCUT2D eigenvalue weighted by Gasteiger charge is 2.29. The van der Waals surface area contributed by atoms with Crippen LogP contribution in [0.1, 0.15) is 12.8 Å². The molecular formula is C15H19ClN4O2. The van der Waals surface area contributed by atoms with E-state index < -0.39 is 6.10 Å². The number of H-pyrrole nitrogens is 1. The first-order valence-electron chi connectivity index (χ1n) is 7.02. The first-order chi connectivity index (χ1) is 10.3. The van der Waals surface area contributed by atoms with E-state index in [2.05, 4.69) is 15.5 Å². The first kappa shape index (κ1) is 16.5. The number of halogens is 1. The molecule has 2 aromatic rings. The lowest BCUT2D eigenvalue weighted by molar-refractivity contribution is -0.126. The second-order valence-corrected chi connectivity index (χ2v) is 5.10. The Kier molecular flexibility index (Phi) is 5.54. The van der Waals surface area contributed by atoms with Gasteiger partial charge in [0.1, 0.15) is 6.10 Å². The van der Waals surface area contributed by atoms with E-state index in [1.807, 2.05) is 30.3 Å². The number of nitrogens with one attached hydrogen (secondary N) is 2. The maximum atomic E-state index is 12.1. The summed E-state index contributed by atoms with van der Waals surface area (Å²) in [6.07, 6.45) is 2.87. The Balaban J connectivity index is 0.00000176. The van der Waals surface area contributed by atoms with Crippen molar-refractivity contribution in [2.45, 2.75) is 25.0 Å². The van der Waals surface area contributed by atoms with Crippen molar-refractivity contribution in [2.75, 3.05) is 11.9 Å². The molecule has 1 fully saturated rings. The number of nitrogens with zero attached hydrogens (tertiary/aromatic N) is 1. The molecule has 1 aromatic carbocycles. The molecule has 0 unspecified atom stereocenters. The van der Waals surface area contributed by atoms with Gasteiger partial charge in [0.2, 0.25) is 0 Å². The van der Waals surface area contributed by atoms with Crippen LogP contribution in [0.3, 0.4) is 0 Å². The van der Waals surface area contributed by atoms with E-state index in [1.54, 1.807) is 6.20 Å². The summed E-state index contributed by atoms with van der Waals surface area (Å²) in [6, 6.07) is 9.49. The highest BCUT2D eigenvalue weighted by Crippen LogP contribution is 2.22. The number of nitrogens with two attached hydrogens (primary N) is 1. The average Bonchev–Trinajstić information content (AvgIpc) is 3.19. The predicted molar refractivity (Wildman–Crippen MR) is 86.9 cm³/mol. The minimum atomic E-state index is -0.397. The van der Waals surface area contributed by atoms with Crippen LogP contribution in [0.5, 0.6) is 0 Å². The van der Waals surface area contributed by atoms with E-state index in [-0.39, 0.29) is 24.4 Å². The lowest BCUT2D eigenvalue weighted by atomic mass is 10.1. The number of anilines is 1. The molecule has 0 bridgehead atoms. The topological polar surface area (TPSA) is 93.0 Å². The SMILES string of the molecule is Cl.NC[C@H]1CC[C@@H](C(=O)Nc2ccc(-c3ccn[nH]3)cc2)O1. The molecule has 0 saturated carbocycles. The van der Waals surface area contributed by atoms with Gasteiger partial charge in [-0.3, -0.25) is 9.89 Å². The third kappa shape index (κ3) is 3.65. The van der Waals surface area contributed by atoms with Crippen LogP contribution in [0.2, 0.25) is 0 Å². The lowest BCUT2D eigenvalue weighted by Crippen LogP contribution is -2.29. The van der Waals surface area contributed by atoms with Crippen molar-refractivity contribution in [1.82, 2.24) is 10.2 Å². The van der Waals surface area contributed by atoms with E-state index in [9.17, 15) is 4.79 Å². The fourth-order valence-corrected chi connectivity index (χ4v) is 2.44. The molecule has 3 rings (SSSR count). The summed E-state index contributed by atoms with van der Waals surface area (Å²) < 4.78 is 5.58. The Morgan fingerprint density at radius 1 is 1.32 bits per heavy atom. The molecule has 1 aliphatic rings. The summed E-state index contributed by atoms with van der Waals surface area (Å²) >= 11 is 0. The third-order valence-electron chi connectivity index (χ3n) is 3.63. The van der Waals surface area contributed by atoms with E-state index in [0.29, 0.717) is 6.54 Å². The van der Waals surface area contributed by atoms with Crippen molar-refractivity contribution in [3.05, 3.63) is 36.5 Å². The Bertz CT molecular complexity index is 601. The quantitative estimate of drug-likeness (QED) is 0.802. The molecule has 1 aliphatic heterocycles. The van der Waals surface area contributed by atoms with Crippen LogP contribution >= 0.6 is 12.4 Å². The maximum absolute atomic E-state index is 12.1. The third-order valence-corrected chi connectivity index (χ3v) is 3.63. The van der Waals surface area contributed by atoms with Gasteiger partial charge in [0.05, 0.1) is 11.8 Å². The fraction of sp³-hybridized carbons (Fsp3) is 0.333. The monoisotopic (exact) mass is 322 g/mol. The summed E-state index contributed by atoms with van der Waals surface area (Å²) in [5, 5.41) is 9.69. The summed E-state index contributed by atoms with van der Waals surface area (Å²) in [5.41, 5.74) is 8.26. The zero-order valence-electron chi connectivity index (χ0n) is 12.0. The van der Waals surface area contributed by atoms with Gasteiger partial charge in [-0.25, -0.2) is 0 Å². The number of ether oxygens (including phenoxy) is 1. The van der Waals surface area contributed by atoms with Crippen LogP contribution in [0.15, 0.2) is 36.5 Å². The number of carbonyl (C=O) groups is 1. The minimum absolute atomic E-state index is 0. The molecule has 118 valence electrons. The van der Waals surface area contributed by atoms with Gasteiger partial charge < -0.3 is 15.8 Å². The Hall–Kier alpha value is -1.89. The van der Waals surface area contributed by atoms with E-state index >= 15 is 0 Å². The first-order valence-corrected chi connectivity index (χ1v) is 7.02. The molecule has 7 heteroatoms. The molecule has 2 heterocycles. The molecule has 1 amide bonds. The number of carbonyl (C=O) groups excluding carboxylic acids is 1. The van der Waals surface area contributed by atoms with Crippen molar-refractivity contribution >= 4 is 24.0 Å².